The van der Waals surface area contributed by atoms with Crippen LogP contribution < -0.4 is 14.3 Å². The molecule has 0 radical (unpaired) electrons. The molecule has 0 aliphatic carbocycles. The Bertz CT molecular complexity index is 1060. The van der Waals surface area contributed by atoms with Crippen molar-refractivity contribution in [2.75, 3.05) is 6.79 Å². The lowest BCUT2D eigenvalue weighted by Crippen LogP contribution is -2.14. The average Bonchev–Trinajstić information content (AvgIpc) is 3.14. The van der Waals surface area contributed by atoms with Crippen LogP contribution in [-0.4, -0.2) is 17.3 Å². The van der Waals surface area contributed by atoms with Crippen LogP contribution in [0.2, 0.25) is 0 Å². The van der Waals surface area contributed by atoms with E-state index in [2.05, 4.69) is 11.1 Å². The van der Waals surface area contributed by atoms with Crippen LogP contribution >= 0.6 is 11.3 Å². The van der Waals surface area contributed by atoms with Gasteiger partial charge >= 0.3 is 0 Å². The number of rotatable bonds is 2. The molecular formula is C19H18N2O3S. The number of hydrogen-bond donors (Lipinski definition) is 0. The lowest BCUT2D eigenvalue weighted by atomic mass is 10.0. The van der Waals surface area contributed by atoms with Crippen molar-refractivity contribution < 1.29 is 14.3 Å². The molecule has 0 saturated heterocycles. The van der Waals surface area contributed by atoms with Crippen molar-refractivity contribution in [1.82, 2.24) is 4.57 Å². The van der Waals surface area contributed by atoms with Gasteiger partial charge in [-0.2, -0.15) is 4.99 Å². The number of carbonyl (C=O) groups is 1. The Morgan fingerprint density at radius 2 is 1.96 bits per heavy atom. The average molecular weight is 354 g/mol. The van der Waals surface area contributed by atoms with E-state index in [9.17, 15) is 4.79 Å². The number of nitrogens with zero attached hydrogens (tertiary/aromatic N) is 2. The fourth-order valence-electron chi connectivity index (χ4n) is 2.92. The van der Waals surface area contributed by atoms with Crippen LogP contribution in [0.3, 0.4) is 0 Å². The summed E-state index contributed by atoms with van der Waals surface area (Å²) in [5.41, 5.74) is 4.27. The summed E-state index contributed by atoms with van der Waals surface area (Å²) in [4.78, 5) is 17.5. The van der Waals surface area contributed by atoms with Crippen LogP contribution in [-0.2, 0) is 18.3 Å². The van der Waals surface area contributed by atoms with Gasteiger partial charge in [-0.15, -0.1) is 0 Å². The van der Waals surface area contributed by atoms with Gasteiger partial charge in [0.1, 0.15) is 0 Å². The van der Waals surface area contributed by atoms with Gasteiger partial charge in [-0.05, 0) is 25.0 Å². The Hall–Kier alpha value is -2.60. The van der Waals surface area contributed by atoms with Gasteiger partial charge in [0.25, 0.3) is 5.91 Å². The van der Waals surface area contributed by atoms with Gasteiger partial charge in [-0.25, -0.2) is 0 Å². The van der Waals surface area contributed by atoms with Crippen molar-refractivity contribution in [3.63, 3.8) is 0 Å². The van der Waals surface area contributed by atoms with Gasteiger partial charge in [-0.1, -0.05) is 35.1 Å². The number of ether oxygens (including phenoxy) is 2. The Labute approximate surface area is 149 Å². The first-order valence-electron chi connectivity index (χ1n) is 8.04. The molecule has 25 heavy (non-hydrogen) atoms. The minimum absolute atomic E-state index is 0.143. The molecule has 128 valence electrons. The second-order valence-corrected chi connectivity index (χ2v) is 7.24. The third-order valence-corrected chi connectivity index (χ3v) is 5.46. The molecule has 0 spiro atoms. The first-order valence-corrected chi connectivity index (χ1v) is 8.86. The van der Waals surface area contributed by atoms with E-state index in [1.165, 1.54) is 11.3 Å². The zero-order valence-corrected chi connectivity index (χ0v) is 15.1. The van der Waals surface area contributed by atoms with Gasteiger partial charge in [0.15, 0.2) is 16.3 Å². The summed E-state index contributed by atoms with van der Waals surface area (Å²) in [7, 11) is 1.91. The Morgan fingerprint density at radius 1 is 1.20 bits per heavy atom. The normalized spacial score (nSPS) is 13.6. The maximum absolute atomic E-state index is 12.5. The molecule has 1 aliphatic rings. The summed E-state index contributed by atoms with van der Waals surface area (Å²) >= 11 is 1.48. The van der Waals surface area contributed by atoms with E-state index in [1.807, 2.05) is 49.7 Å². The summed E-state index contributed by atoms with van der Waals surface area (Å²) in [5, 5.41) is 0. The van der Waals surface area contributed by atoms with Gasteiger partial charge in [0.05, 0.1) is 16.6 Å². The lowest BCUT2D eigenvalue weighted by Gasteiger charge is -2.04. The van der Waals surface area contributed by atoms with Crippen LogP contribution in [0.5, 0.6) is 11.5 Å². The number of carbonyl (C=O) groups excluding carboxylic acids is 1. The molecule has 0 bridgehead atoms. The predicted octanol–water partition coefficient (Wildman–Crippen LogP) is 3.26. The summed E-state index contributed by atoms with van der Waals surface area (Å²) in [6, 6.07) is 10.0. The molecule has 0 unspecified atom stereocenters. The second-order valence-electron chi connectivity index (χ2n) is 6.23. The second kappa shape index (κ2) is 6.04. The molecule has 3 aromatic rings. The highest BCUT2D eigenvalue weighted by molar-refractivity contribution is 7.16. The number of benzene rings is 2. The molecule has 0 saturated carbocycles. The number of thiazole rings is 1. The largest absolute Gasteiger partial charge is 0.454 e. The molecule has 2 heterocycles. The standard InChI is InChI=1S/C19H18N2O3S/c1-11-4-5-12(2)13(6-11)7-18(22)20-19-21(3)14-8-15-16(24-10-23-15)9-17(14)25-19/h4-6,8-9H,7,10H2,1-3H3. The van der Waals surface area contributed by atoms with Crippen molar-refractivity contribution in [2.24, 2.45) is 12.0 Å². The van der Waals surface area contributed by atoms with E-state index < -0.39 is 0 Å². The molecule has 4 rings (SSSR count). The molecule has 6 heteroatoms. The molecular weight excluding hydrogens is 336 g/mol. The van der Waals surface area contributed by atoms with Crippen molar-refractivity contribution in [3.8, 4) is 11.5 Å². The van der Waals surface area contributed by atoms with Gasteiger partial charge in [0.2, 0.25) is 6.79 Å². The van der Waals surface area contributed by atoms with E-state index in [0.717, 1.165) is 38.4 Å². The zero-order valence-electron chi connectivity index (χ0n) is 14.3. The minimum Gasteiger partial charge on any atom is -0.454 e. The van der Waals surface area contributed by atoms with Gasteiger partial charge in [0, 0.05) is 19.2 Å². The Kier molecular flexibility index (Phi) is 3.84. The highest BCUT2D eigenvalue weighted by atomic mass is 32.1. The van der Waals surface area contributed by atoms with E-state index >= 15 is 0 Å². The van der Waals surface area contributed by atoms with Crippen LogP contribution in [0.4, 0.5) is 0 Å². The topological polar surface area (TPSA) is 52.8 Å². The Morgan fingerprint density at radius 3 is 2.76 bits per heavy atom. The first-order chi connectivity index (χ1) is 12.0. The van der Waals surface area contributed by atoms with Crippen molar-refractivity contribution in [2.45, 2.75) is 20.3 Å². The molecule has 1 amide bonds. The predicted molar refractivity (Wildman–Crippen MR) is 97.1 cm³/mol. The van der Waals surface area contributed by atoms with Gasteiger partial charge in [-0.3, -0.25) is 4.79 Å². The minimum atomic E-state index is -0.143. The van der Waals surface area contributed by atoms with Crippen LogP contribution in [0, 0.1) is 13.8 Å². The van der Waals surface area contributed by atoms with Crippen molar-refractivity contribution >= 4 is 27.5 Å². The number of hydrogen-bond acceptors (Lipinski definition) is 4. The highest BCUT2D eigenvalue weighted by Crippen LogP contribution is 2.36. The van der Waals surface area contributed by atoms with Crippen molar-refractivity contribution in [3.05, 3.63) is 51.8 Å². The molecule has 0 N–H and O–H groups in total. The van der Waals surface area contributed by atoms with Crippen molar-refractivity contribution in [1.29, 1.82) is 0 Å². The monoisotopic (exact) mass is 354 g/mol. The number of aryl methyl sites for hydroxylation is 3. The summed E-state index contributed by atoms with van der Waals surface area (Å²) in [6.45, 7) is 4.30. The fraction of sp³-hybridized carbons (Fsp3) is 0.263. The molecule has 2 aromatic carbocycles. The molecule has 0 atom stereocenters. The number of amides is 1. The highest BCUT2D eigenvalue weighted by Gasteiger charge is 2.17. The molecule has 0 fully saturated rings. The summed E-state index contributed by atoms with van der Waals surface area (Å²) in [5.74, 6) is 1.33. The maximum Gasteiger partial charge on any atom is 0.252 e. The quantitative estimate of drug-likeness (QED) is 0.710. The molecule has 1 aliphatic heterocycles. The fourth-order valence-corrected chi connectivity index (χ4v) is 3.97. The molecule has 5 nitrogen and oxygen atoms in total. The van der Waals surface area contributed by atoms with Crippen LogP contribution in [0.25, 0.3) is 10.2 Å². The third-order valence-electron chi connectivity index (χ3n) is 4.37. The van der Waals surface area contributed by atoms with E-state index in [4.69, 9.17) is 9.47 Å². The first kappa shape index (κ1) is 15.9. The molecule has 1 aromatic heterocycles. The van der Waals surface area contributed by atoms with Crippen LogP contribution in [0.1, 0.15) is 16.7 Å². The maximum atomic E-state index is 12.5. The van der Waals surface area contributed by atoms with E-state index in [0.29, 0.717) is 11.2 Å². The summed E-state index contributed by atoms with van der Waals surface area (Å²) in [6.07, 6.45) is 0.310. The van der Waals surface area contributed by atoms with E-state index in [-0.39, 0.29) is 12.7 Å². The smallest absolute Gasteiger partial charge is 0.252 e. The third kappa shape index (κ3) is 2.93. The summed E-state index contributed by atoms with van der Waals surface area (Å²) < 4.78 is 13.8. The number of fused-ring (bicyclic) bond motifs is 2. The van der Waals surface area contributed by atoms with Gasteiger partial charge < -0.3 is 14.0 Å². The van der Waals surface area contributed by atoms with Crippen LogP contribution in [0.15, 0.2) is 35.3 Å². The lowest BCUT2D eigenvalue weighted by molar-refractivity contribution is -0.117. The van der Waals surface area contributed by atoms with E-state index in [1.54, 1.807) is 0 Å². The SMILES string of the molecule is Cc1ccc(C)c(CC(=O)N=c2sc3cc4c(cc3n2C)OCO4)c1. The Balaban J connectivity index is 1.70. The zero-order chi connectivity index (χ0) is 17.6. The number of aromatic nitrogens is 1.